The number of ether oxygens (including phenoxy) is 1. The van der Waals surface area contributed by atoms with Gasteiger partial charge < -0.3 is 9.84 Å². The van der Waals surface area contributed by atoms with Crippen molar-refractivity contribution in [3.05, 3.63) is 35.2 Å². The number of hydrogen-bond acceptors (Lipinski definition) is 3. The minimum Gasteiger partial charge on any atom is -0.481 e. The van der Waals surface area contributed by atoms with E-state index in [0.717, 1.165) is 0 Å². The molecule has 1 fully saturated rings. The van der Waals surface area contributed by atoms with E-state index in [0.29, 0.717) is 19.6 Å². The minimum atomic E-state index is -0.735. The molecule has 2 heterocycles. The van der Waals surface area contributed by atoms with Crippen LogP contribution in [0.1, 0.15) is 18.4 Å². The Morgan fingerprint density at radius 1 is 1.39 bits per heavy atom. The highest BCUT2D eigenvalue weighted by molar-refractivity contribution is 7.17. The second-order valence-corrected chi connectivity index (χ2v) is 5.72. The Kier molecular flexibility index (Phi) is 2.84. The van der Waals surface area contributed by atoms with E-state index < -0.39 is 5.97 Å². The van der Waals surface area contributed by atoms with Crippen molar-refractivity contribution < 1.29 is 14.6 Å². The number of aliphatic carboxylic acids is 1. The lowest BCUT2D eigenvalue weighted by molar-refractivity contribution is -0.139. The Labute approximate surface area is 109 Å². The molecule has 3 nitrogen and oxygen atoms in total. The predicted octanol–water partition coefficient (Wildman–Crippen LogP) is 3.03. The molecule has 1 aromatic heterocycles. The zero-order valence-corrected chi connectivity index (χ0v) is 10.7. The maximum Gasteiger partial charge on any atom is 0.303 e. The van der Waals surface area contributed by atoms with Crippen molar-refractivity contribution in [2.75, 3.05) is 13.2 Å². The summed E-state index contributed by atoms with van der Waals surface area (Å²) in [6.45, 7) is 1.28. The van der Waals surface area contributed by atoms with E-state index in [2.05, 4.69) is 17.5 Å². The molecule has 3 rings (SSSR count). The average molecular weight is 262 g/mol. The summed E-state index contributed by atoms with van der Waals surface area (Å²) < 4.78 is 6.61. The van der Waals surface area contributed by atoms with E-state index in [9.17, 15) is 4.79 Å². The maximum absolute atomic E-state index is 10.8. The number of hydrogen-bond donors (Lipinski definition) is 1. The first-order valence-electron chi connectivity index (χ1n) is 5.98. The fourth-order valence-electron chi connectivity index (χ4n) is 2.52. The molecule has 1 aliphatic rings. The highest BCUT2D eigenvalue weighted by atomic mass is 32.1. The van der Waals surface area contributed by atoms with Gasteiger partial charge in [0, 0.05) is 16.5 Å². The van der Waals surface area contributed by atoms with E-state index in [4.69, 9.17) is 9.84 Å². The average Bonchev–Trinajstić information content (AvgIpc) is 2.72. The summed E-state index contributed by atoms with van der Waals surface area (Å²) in [7, 11) is 0. The highest BCUT2D eigenvalue weighted by Gasteiger charge is 2.41. The van der Waals surface area contributed by atoms with E-state index >= 15 is 0 Å². The number of carbonyl (C=O) groups is 1. The van der Waals surface area contributed by atoms with Gasteiger partial charge in [0.2, 0.25) is 0 Å². The van der Waals surface area contributed by atoms with Gasteiger partial charge in [-0.15, -0.1) is 11.3 Å². The molecule has 18 heavy (non-hydrogen) atoms. The fraction of sp³-hybridized carbons (Fsp3) is 0.357. The van der Waals surface area contributed by atoms with Gasteiger partial charge in [0.25, 0.3) is 0 Å². The van der Waals surface area contributed by atoms with Crippen LogP contribution in [-0.4, -0.2) is 24.3 Å². The molecule has 0 radical (unpaired) electrons. The van der Waals surface area contributed by atoms with Gasteiger partial charge in [-0.05, 0) is 28.8 Å². The second kappa shape index (κ2) is 4.37. The van der Waals surface area contributed by atoms with Crippen molar-refractivity contribution in [1.29, 1.82) is 0 Å². The molecule has 0 unspecified atom stereocenters. The molecule has 0 bridgehead atoms. The van der Waals surface area contributed by atoms with Gasteiger partial charge in [0.05, 0.1) is 13.2 Å². The van der Waals surface area contributed by atoms with Gasteiger partial charge in [-0.3, -0.25) is 4.79 Å². The van der Waals surface area contributed by atoms with Crippen LogP contribution < -0.4 is 0 Å². The van der Waals surface area contributed by atoms with Crippen LogP contribution in [0.5, 0.6) is 0 Å². The highest BCUT2D eigenvalue weighted by Crippen LogP contribution is 2.42. The zero-order valence-electron chi connectivity index (χ0n) is 9.89. The van der Waals surface area contributed by atoms with Crippen LogP contribution in [0, 0.1) is 0 Å². The van der Waals surface area contributed by atoms with Crippen LogP contribution in [0.4, 0.5) is 0 Å². The third kappa shape index (κ3) is 1.82. The van der Waals surface area contributed by atoms with Crippen LogP contribution >= 0.6 is 11.3 Å². The normalized spacial score (nSPS) is 17.6. The Morgan fingerprint density at radius 3 is 2.83 bits per heavy atom. The lowest BCUT2D eigenvalue weighted by atomic mass is 9.75. The quantitative estimate of drug-likeness (QED) is 0.921. The molecular formula is C14H14O3S. The Balaban J connectivity index is 1.98. The van der Waals surface area contributed by atoms with Crippen molar-refractivity contribution in [2.45, 2.75) is 18.3 Å². The molecule has 1 N–H and O–H groups in total. The standard InChI is InChI=1S/C14H14O3S/c15-13(16)5-6-14(8-17-9-14)11-7-18-12-4-2-1-3-10(11)12/h1-4,7H,5-6,8-9H2,(H,15,16). The Bertz CT molecular complexity index is 583. The number of fused-ring (bicyclic) bond motifs is 1. The van der Waals surface area contributed by atoms with Crippen molar-refractivity contribution in [3.63, 3.8) is 0 Å². The van der Waals surface area contributed by atoms with Crippen molar-refractivity contribution in [3.8, 4) is 0 Å². The molecule has 94 valence electrons. The first-order valence-corrected chi connectivity index (χ1v) is 6.85. The van der Waals surface area contributed by atoms with Gasteiger partial charge in [-0.25, -0.2) is 0 Å². The molecule has 0 amide bonds. The summed E-state index contributed by atoms with van der Waals surface area (Å²) in [6, 6.07) is 8.28. The van der Waals surface area contributed by atoms with Crippen LogP contribution in [0.3, 0.4) is 0 Å². The number of rotatable bonds is 4. The van der Waals surface area contributed by atoms with Gasteiger partial charge in [0.1, 0.15) is 0 Å². The van der Waals surface area contributed by atoms with E-state index in [1.807, 2.05) is 12.1 Å². The molecule has 0 aliphatic carbocycles. The summed E-state index contributed by atoms with van der Waals surface area (Å²) in [5.41, 5.74) is 1.17. The number of carboxylic acids is 1. The first kappa shape index (κ1) is 11.7. The molecule has 1 aromatic carbocycles. The Morgan fingerprint density at radius 2 is 2.17 bits per heavy atom. The molecule has 4 heteroatoms. The molecule has 2 aromatic rings. The van der Waals surface area contributed by atoms with Crippen LogP contribution in [0.15, 0.2) is 29.6 Å². The summed E-state index contributed by atoms with van der Waals surface area (Å²) in [5.74, 6) is -0.735. The number of benzene rings is 1. The molecule has 0 spiro atoms. The van der Waals surface area contributed by atoms with Crippen LogP contribution in [0.2, 0.25) is 0 Å². The maximum atomic E-state index is 10.8. The van der Waals surface area contributed by atoms with Crippen molar-refractivity contribution >= 4 is 27.4 Å². The van der Waals surface area contributed by atoms with E-state index in [-0.39, 0.29) is 11.8 Å². The molecular weight excluding hydrogens is 248 g/mol. The minimum absolute atomic E-state index is 0.0853. The van der Waals surface area contributed by atoms with Crippen LogP contribution in [0.25, 0.3) is 10.1 Å². The topological polar surface area (TPSA) is 46.5 Å². The van der Waals surface area contributed by atoms with Crippen molar-refractivity contribution in [2.24, 2.45) is 0 Å². The summed E-state index contributed by atoms with van der Waals surface area (Å²) in [6.07, 6.45) is 0.858. The predicted molar refractivity (Wildman–Crippen MR) is 71.2 cm³/mol. The molecule has 1 aliphatic heterocycles. The molecule has 0 saturated carbocycles. The third-order valence-electron chi connectivity index (χ3n) is 3.63. The van der Waals surface area contributed by atoms with E-state index in [1.54, 1.807) is 11.3 Å². The number of carboxylic acid groups (broad SMARTS) is 1. The van der Waals surface area contributed by atoms with Gasteiger partial charge in [-0.1, -0.05) is 18.2 Å². The zero-order chi connectivity index (χ0) is 12.6. The monoisotopic (exact) mass is 262 g/mol. The van der Waals surface area contributed by atoms with Gasteiger partial charge in [0.15, 0.2) is 0 Å². The van der Waals surface area contributed by atoms with E-state index in [1.165, 1.54) is 15.6 Å². The van der Waals surface area contributed by atoms with Crippen LogP contribution in [-0.2, 0) is 14.9 Å². The first-order chi connectivity index (χ1) is 8.71. The summed E-state index contributed by atoms with van der Waals surface area (Å²) in [4.78, 5) is 10.8. The third-order valence-corrected chi connectivity index (χ3v) is 4.59. The van der Waals surface area contributed by atoms with Gasteiger partial charge >= 0.3 is 5.97 Å². The molecule has 1 saturated heterocycles. The summed E-state index contributed by atoms with van der Waals surface area (Å²) in [5, 5.41) is 12.3. The number of thiophene rings is 1. The van der Waals surface area contributed by atoms with Gasteiger partial charge in [-0.2, -0.15) is 0 Å². The largest absolute Gasteiger partial charge is 0.481 e. The smallest absolute Gasteiger partial charge is 0.303 e. The SMILES string of the molecule is O=C(O)CCC1(c2csc3ccccc23)COC1. The summed E-state index contributed by atoms with van der Waals surface area (Å²) >= 11 is 1.72. The lowest BCUT2D eigenvalue weighted by Gasteiger charge is -2.41. The second-order valence-electron chi connectivity index (χ2n) is 4.81. The van der Waals surface area contributed by atoms with Crippen molar-refractivity contribution in [1.82, 2.24) is 0 Å². The fourth-order valence-corrected chi connectivity index (χ4v) is 3.60. The molecule has 0 atom stereocenters. The lowest BCUT2D eigenvalue weighted by Crippen LogP contribution is -2.46. The Hall–Kier alpha value is -1.39.